The Morgan fingerprint density at radius 1 is 1.16 bits per heavy atom. The van der Waals surface area contributed by atoms with Crippen LogP contribution in [0.5, 0.6) is 17.2 Å². The van der Waals surface area contributed by atoms with Crippen LogP contribution in [0.4, 0.5) is 15.8 Å². The van der Waals surface area contributed by atoms with E-state index in [9.17, 15) is 0 Å². The first-order valence-electron chi connectivity index (χ1n) is 12.2. The Bertz CT molecular complexity index is 1400. The number of rotatable bonds is 11. The van der Waals surface area contributed by atoms with Crippen LogP contribution in [0.15, 0.2) is 61.1 Å². The van der Waals surface area contributed by atoms with E-state index < -0.39 is 5.82 Å². The van der Waals surface area contributed by atoms with E-state index in [-0.39, 0.29) is 29.9 Å². The quantitative estimate of drug-likeness (QED) is 0.179. The highest BCUT2D eigenvalue weighted by atomic mass is 19.1. The Hall–Kier alpha value is -4.60. The molecule has 38 heavy (non-hydrogen) atoms. The lowest BCUT2D eigenvalue weighted by Crippen LogP contribution is -2.20. The van der Waals surface area contributed by atoms with Gasteiger partial charge in [0.25, 0.3) is 0 Å². The van der Waals surface area contributed by atoms with Gasteiger partial charge in [-0.3, -0.25) is 10.4 Å². The molecule has 0 aliphatic rings. The van der Waals surface area contributed by atoms with Crippen LogP contribution >= 0.6 is 0 Å². The van der Waals surface area contributed by atoms with Gasteiger partial charge in [0.05, 0.1) is 43.3 Å². The van der Waals surface area contributed by atoms with Crippen LogP contribution in [0.25, 0.3) is 11.3 Å². The van der Waals surface area contributed by atoms with Gasteiger partial charge >= 0.3 is 0 Å². The highest BCUT2D eigenvalue weighted by Gasteiger charge is 2.22. The first-order valence-corrected chi connectivity index (χ1v) is 12.2. The number of benzene rings is 2. The van der Waals surface area contributed by atoms with Crippen molar-refractivity contribution in [2.75, 3.05) is 18.6 Å². The number of hydrogen-bond donors (Lipinski definition) is 3. The molecule has 2 heterocycles. The second-order valence-electron chi connectivity index (χ2n) is 8.71. The summed E-state index contributed by atoms with van der Waals surface area (Å²) in [7, 11) is 1.59. The van der Waals surface area contributed by atoms with E-state index >= 15 is 4.39 Å². The van der Waals surface area contributed by atoms with Crippen LogP contribution in [-0.4, -0.2) is 40.6 Å². The maximum absolute atomic E-state index is 15.9. The number of nitrogen functional groups attached to an aromatic ring is 1. The van der Waals surface area contributed by atoms with E-state index in [0.29, 0.717) is 40.9 Å². The summed E-state index contributed by atoms with van der Waals surface area (Å²) in [6, 6.07) is 11.9. The number of methoxy groups -OCH3 is 1. The number of anilines is 2. The minimum atomic E-state index is -0.529. The van der Waals surface area contributed by atoms with Crippen molar-refractivity contribution in [2.45, 2.75) is 33.4 Å². The summed E-state index contributed by atoms with van der Waals surface area (Å²) in [4.78, 5) is 13.9. The molecular weight excluding hydrogens is 487 g/mol. The number of nitrogens with two attached hydrogens (primary N) is 1. The van der Waals surface area contributed by atoms with Gasteiger partial charge in [0, 0.05) is 42.0 Å². The van der Waals surface area contributed by atoms with Gasteiger partial charge in [-0.15, -0.1) is 0 Å². The lowest BCUT2D eigenvalue weighted by molar-refractivity contribution is 0.229. The van der Waals surface area contributed by atoms with Gasteiger partial charge in [0.2, 0.25) is 0 Å². The fourth-order valence-corrected chi connectivity index (χ4v) is 3.96. The van der Waals surface area contributed by atoms with Crippen molar-refractivity contribution in [3.8, 4) is 28.5 Å². The first kappa shape index (κ1) is 26.5. The average molecular weight is 519 g/mol. The third kappa shape index (κ3) is 5.86. The molecule has 4 rings (SSSR count). The van der Waals surface area contributed by atoms with E-state index in [0.717, 1.165) is 5.56 Å². The van der Waals surface area contributed by atoms with Crippen LogP contribution < -0.4 is 24.8 Å². The molecule has 0 fully saturated rings. The Kier molecular flexibility index (Phi) is 8.10. The summed E-state index contributed by atoms with van der Waals surface area (Å²) in [5, 5.41) is 7.72. The minimum absolute atomic E-state index is 0.0543. The van der Waals surface area contributed by atoms with Crippen LogP contribution in [0.3, 0.4) is 0 Å². The number of halogens is 1. The number of nitrogens with one attached hydrogen (secondary N) is 2. The smallest absolute Gasteiger partial charge is 0.188 e. The first-order chi connectivity index (χ1) is 18.3. The highest BCUT2D eigenvalue weighted by Crippen LogP contribution is 2.38. The zero-order valence-electron chi connectivity index (χ0n) is 21.8. The molecule has 10 heteroatoms. The van der Waals surface area contributed by atoms with Gasteiger partial charge in [-0.2, -0.15) is 0 Å². The number of aromatic amines is 1. The lowest BCUT2D eigenvalue weighted by Gasteiger charge is -2.26. The van der Waals surface area contributed by atoms with Gasteiger partial charge in [-0.05, 0) is 51.1 Å². The summed E-state index contributed by atoms with van der Waals surface area (Å²) < 4.78 is 32.9. The predicted molar refractivity (Wildman–Crippen MR) is 145 cm³/mol. The van der Waals surface area contributed by atoms with Gasteiger partial charge in [0.15, 0.2) is 11.6 Å². The van der Waals surface area contributed by atoms with Crippen molar-refractivity contribution in [3.63, 3.8) is 0 Å². The number of ether oxygens (including phenoxy) is 3. The van der Waals surface area contributed by atoms with Crippen molar-refractivity contribution in [2.24, 2.45) is 5.73 Å². The average Bonchev–Trinajstić information content (AvgIpc) is 3.37. The fourth-order valence-electron chi connectivity index (χ4n) is 3.96. The molecule has 2 aromatic heterocycles. The van der Waals surface area contributed by atoms with Crippen molar-refractivity contribution in [1.82, 2.24) is 15.0 Å². The zero-order chi connectivity index (χ0) is 27.2. The molecule has 2 aromatic carbocycles. The second-order valence-corrected chi connectivity index (χ2v) is 8.71. The maximum atomic E-state index is 15.9. The SMILES string of the molecule is CCOc1cc(OC(C)C)c(F)c(N(Cc2nc(-c3cnccc3OC)c[nH]2)c2ccc(C(=N)N)cc2)c1. The van der Waals surface area contributed by atoms with Crippen LogP contribution in [0, 0.1) is 11.2 Å². The lowest BCUT2D eigenvalue weighted by atomic mass is 10.1. The zero-order valence-corrected chi connectivity index (χ0v) is 21.8. The summed E-state index contributed by atoms with van der Waals surface area (Å²) in [5.41, 5.74) is 8.49. The monoisotopic (exact) mass is 518 g/mol. The number of nitrogens with zero attached hydrogens (tertiary/aromatic N) is 3. The number of pyridine rings is 1. The van der Waals surface area contributed by atoms with Gasteiger partial charge in [0.1, 0.15) is 23.2 Å². The van der Waals surface area contributed by atoms with Crippen molar-refractivity contribution in [3.05, 3.63) is 78.3 Å². The topological polar surface area (TPSA) is 122 Å². The molecule has 0 unspecified atom stereocenters. The van der Waals surface area contributed by atoms with Crippen molar-refractivity contribution < 1.29 is 18.6 Å². The molecule has 0 saturated carbocycles. The molecule has 198 valence electrons. The molecule has 0 bridgehead atoms. The summed E-state index contributed by atoms with van der Waals surface area (Å²) in [6.07, 6.45) is 4.84. The van der Waals surface area contributed by atoms with E-state index in [2.05, 4.69) is 9.97 Å². The Morgan fingerprint density at radius 3 is 2.58 bits per heavy atom. The fraction of sp³-hybridized carbons (Fsp3) is 0.250. The molecule has 4 aromatic rings. The number of aromatic nitrogens is 3. The molecule has 0 atom stereocenters. The Balaban J connectivity index is 1.80. The number of imidazole rings is 1. The van der Waals surface area contributed by atoms with Gasteiger partial charge < -0.3 is 29.8 Å². The number of hydrogen-bond acceptors (Lipinski definition) is 7. The van der Waals surface area contributed by atoms with Crippen LogP contribution in [0.2, 0.25) is 0 Å². The normalized spacial score (nSPS) is 10.9. The maximum Gasteiger partial charge on any atom is 0.188 e. The van der Waals surface area contributed by atoms with E-state index in [1.54, 1.807) is 73.1 Å². The Morgan fingerprint density at radius 2 is 1.92 bits per heavy atom. The molecule has 0 amide bonds. The summed E-state index contributed by atoms with van der Waals surface area (Å²) in [5.74, 6) is 1.20. The summed E-state index contributed by atoms with van der Waals surface area (Å²) in [6.45, 7) is 6.13. The van der Waals surface area contributed by atoms with Crippen molar-refractivity contribution in [1.29, 1.82) is 5.41 Å². The van der Waals surface area contributed by atoms with Crippen molar-refractivity contribution >= 4 is 17.2 Å². The minimum Gasteiger partial charge on any atom is -0.496 e. The molecule has 0 radical (unpaired) electrons. The highest BCUT2D eigenvalue weighted by molar-refractivity contribution is 5.95. The number of H-pyrrole nitrogens is 1. The predicted octanol–water partition coefficient (Wildman–Crippen LogP) is 5.43. The third-order valence-electron chi connectivity index (χ3n) is 5.66. The van der Waals surface area contributed by atoms with Crippen LogP contribution in [0.1, 0.15) is 32.2 Å². The third-order valence-corrected chi connectivity index (χ3v) is 5.66. The molecule has 0 spiro atoms. The van der Waals surface area contributed by atoms with Gasteiger partial charge in [-0.25, -0.2) is 9.37 Å². The second kappa shape index (κ2) is 11.6. The molecule has 0 aliphatic carbocycles. The summed E-state index contributed by atoms with van der Waals surface area (Å²) >= 11 is 0. The van der Waals surface area contributed by atoms with E-state index in [1.807, 2.05) is 20.8 Å². The Labute approximate surface area is 220 Å². The molecule has 0 saturated heterocycles. The standard InChI is InChI=1S/C28H31FN6O3/c1-5-37-20-12-23(27(29)25(13-20)38-17(2)3)35(19-8-6-18(7-9-19)28(30)31)16-26-33-15-22(34-26)21-14-32-11-10-24(21)36-4/h6-15,17H,5,16H2,1-4H3,(H3,30,31)(H,33,34). The largest absolute Gasteiger partial charge is 0.496 e. The molecule has 4 N–H and O–H groups in total. The molecule has 0 aliphatic heterocycles. The van der Waals surface area contributed by atoms with E-state index in [4.69, 9.17) is 30.3 Å². The van der Waals surface area contributed by atoms with Crippen LogP contribution in [-0.2, 0) is 6.54 Å². The molecular formula is C28H31FN6O3. The van der Waals surface area contributed by atoms with Gasteiger partial charge in [-0.1, -0.05) is 0 Å². The van der Waals surface area contributed by atoms with E-state index in [1.165, 1.54) is 0 Å². The number of amidine groups is 1. The molecule has 9 nitrogen and oxygen atoms in total.